The number of hydrogen-bond donors (Lipinski definition) is 0. The standard InChI is InChI=1S/C15H23Br3O/c1-9-10(17)7-12-14(2,3)13(18)5-6-15(12,4)19-11(9)8-16/h10-13H,1,5-8H2,2-4H3/t10-,11?,12+,13+,15+/m1/s1. The fourth-order valence-electron chi connectivity index (χ4n) is 3.75. The van der Waals surface area contributed by atoms with Crippen molar-refractivity contribution < 1.29 is 4.74 Å². The van der Waals surface area contributed by atoms with Crippen LogP contribution in [0.15, 0.2) is 12.2 Å². The maximum Gasteiger partial charge on any atom is 0.0897 e. The van der Waals surface area contributed by atoms with Gasteiger partial charge in [0.15, 0.2) is 0 Å². The molecular weight excluding hydrogens is 436 g/mol. The van der Waals surface area contributed by atoms with Gasteiger partial charge in [-0.1, -0.05) is 68.2 Å². The Balaban J connectivity index is 2.38. The minimum absolute atomic E-state index is 0.0440. The lowest BCUT2D eigenvalue weighted by Gasteiger charge is -2.53. The van der Waals surface area contributed by atoms with Crippen LogP contribution in [-0.2, 0) is 4.74 Å². The molecule has 0 aromatic carbocycles. The summed E-state index contributed by atoms with van der Waals surface area (Å²) in [4.78, 5) is 0.911. The zero-order chi connectivity index (χ0) is 14.4. The monoisotopic (exact) mass is 456 g/mol. The van der Waals surface area contributed by atoms with Crippen molar-refractivity contribution in [1.29, 1.82) is 0 Å². The van der Waals surface area contributed by atoms with Gasteiger partial charge >= 0.3 is 0 Å². The third-order valence-electron chi connectivity index (χ3n) is 5.15. The average Bonchev–Trinajstić information content (AvgIpc) is 2.45. The van der Waals surface area contributed by atoms with Crippen LogP contribution in [0.25, 0.3) is 0 Å². The minimum Gasteiger partial charge on any atom is -0.366 e. The molecule has 2 aliphatic rings. The van der Waals surface area contributed by atoms with Gasteiger partial charge in [-0.15, -0.1) is 0 Å². The molecule has 2 rings (SSSR count). The van der Waals surface area contributed by atoms with Gasteiger partial charge in [-0.2, -0.15) is 0 Å². The van der Waals surface area contributed by atoms with Crippen LogP contribution in [0.2, 0.25) is 0 Å². The molecule has 0 aromatic rings. The fraction of sp³-hybridized carbons (Fsp3) is 0.867. The normalized spacial score (nSPS) is 46.5. The molecule has 0 aromatic heterocycles. The SMILES string of the molecule is C=C1C(CBr)O[C@@]2(C)CC[C@H](Br)C(C)(C)[C@@H]2C[C@H]1Br. The van der Waals surface area contributed by atoms with E-state index in [0.29, 0.717) is 15.6 Å². The third-order valence-corrected chi connectivity index (χ3v) is 8.33. The van der Waals surface area contributed by atoms with Crippen LogP contribution in [-0.4, -0.2) is 26.7 Å². The van der Waals surface area contributed by atoms with Gasteiger partial charge in [0.1, 0.15) is 0 Å². The van der Waals surface area contributed by atoms with Gasteiger partial charge < -0.3 is 4.74 Å². The molecule has 1 nitrogen and oxygen atoms in total. The molecule has 1 unspecified atom stereocenters. The van der Waals surface area contributed by atoms with Crippen molar-refractivity contribution in [3.8, 4) is 0 Å². The highest BCUT2D eigenvalue weighted by molar-refractivity contribution is 9.10. The van der Waals surface area contributed by atoms with Crippen molar-refractivity contribution in [3.05, 3.63) is 12.2 Å². The van der Waals surface area contributed by atoms with Crippen LogP contribution in [0, 0.1) is 11.3 Å². The van der Waals surface area contributed by atoms with Crippen LogP contribution in [0.1, 0.15) is 40.0 Å². The van der Waals surface area contributed by atoms with Crippen LogP contribution in [0.5, 0.6) is 0 Å². The highest BCUT2D eigenvalue weighted by atomic mass is 79.9. The molecule has 0 amide bonds. The van der Waals surface area contributed by atoms with E-state index in [1.54, 1.807) is 0 Å². The Bertz CT molecular complexity index is 368. The summed E-state index contributed by atoms with van der Waals surface area (Å²) in [7, 11) is 0. The first kappa shape index (κ1) is 16.5. The second-order valence-electron chi connectivity index (χ2n) is 6.73. The minimum atomic E-state index is -0.0440. The summed E-state index contributed by atoms with van der Waals surface area (Å²) >= 11 is 11.3. The van der Waals surface area contributed by atoms with Gasteiger partial charge in [-0.05, 0) is 43.1 Å². The third kappa shape index (κ3) is 2.89. The predicted octanol–water partition coefficient (Wildman–Crippen LogP) is 5.45. The first-order valence-corrected chi connectivity index (χ1v) is 9.88. The fourth-order valence-corrected chi connectivity index (χ4v) is 5.51. The van der Waals surface area contributed by atoms with Crippen molar-refractivity contribution in [3.63, 3.8) is 0 Å². The Labute approximate surface area is 142 Å². The Morgan fingerprint density at radius 2 is 1.95 bits per heavy atom. The Morgan fingerprint density at radius 3 is 2.53 bits per heavy atom. The van der Waals surface area contributed by atoms with Crippen LogP contribution >= 0.6 is 47.8 Å². The smallest absolute Gasteiger partial charge is 0.0897 e. The summed E-state index contributed by atoms with van der Waals surface area (Å²) in [5, 5.41) is 0.828. The summed E-state index contributed by atoms with van der Waals surface area (Å²) in [5.41, 5.74) is 1.37. The molecule has 1 aliphatic carbocycles. The topological polar surface area (TPSA) is 9.23 Å². The Hall–Kier alpha value is 1.14. The predicted molar refractivity (Wildman–Crippen MR) is 92.8 cm³/mol. The van der Waals surface area contributed by atoms with Gasteiger partial charge in [0.05, 0.1) is 11.7 Å². The molecule has 1 aliphatic heterocycles. The molecule has 110 valence electrons. The lowest BCUT2D eigenvalue weighted by molar-refractivity contribution is -0.141. The summed E-state index contributed by atoms with van der Waals surface area (Å²) < 4.78 is 6.52. The molecule has 1 heterocycles. The first-order valence-electron chi connectivity index (χ1n) is 6.93. The molecular formula is C15H23Br3O. The molecule has 2 fully saturated rings. The van der Waals surface area contributed by atoms with Crippen molar-refractivity contribution in [2.24, 2.45) is 11.3 Å². The van der Waals surface area contributed by atoms with Gasteiger partial charge in [-0.3, -0.25) is 0 Å². The molecule has 0 spiro atoms. The number of hydrogen-bond acceptors (Lipinski definition) is 1. The van der Waals surface area contributed by atoms with Crippen molar-refractivity contribution in [2.45, 2.75) is 61.4 Å². The zero-order valence-corrected chi connectivity index (χ0v) is 16.6. The number of alkyl halides is 3. The van der Waals surface area contributed by atoms with Crippen molar-refractivity contribution >= 4 is 47.8 Å². The van der Waals surface area contributed by atoms with E-state index in [1.165, 1.54) is 12.0 Å². The molecule has 0 radical (unpaired) electrons. The van der Waals surface area contributed by atoms with Crippen molar-refractivity contribution in [2.75, 3.05) is 5.33 Å². The van der Waals surface area contributed by atoms with Crippen LogP contribution in [0.4, 0.5) is 0 Å². The van der Waals surface area contributed by atoms with Crippen LogP contribution < -0.4 is 0 Å². The molecule has 0 bridgehead atoms. The quantitative estimate of drug-likeness (QED) is 0.375. The molecule has 1 saturated carbocycles. The average molecular weight is 459 g/mol. The van der Waals surface area contributed by atoms with E-state index in [-0.39, 0.29) is 17.1 Å². The molecule has 4 heteroatoms. The van der Waals surface area contributed by atoms with E-state index in [2.05, 4.69) is 75.1 Å². The number of fused-ring (bicyclic) bond motifs is 1. The number of halogens is 3. The van der Waals surface area contributed by atoms with Gasteiger partial charge in [0, 0.05) is 15.0 Å². The van der Waals surface area contributed by atoms with E-state index in [1.807, 2.05) is 0 Å². The highest BCUT2D eigenvalue weighted by Gasteiger charge is 2.54. The Kier molecular flexibility index (Phi) is 4.98. The molecule has 19 heavy (non-hydrogen) atoms. The number of rotatable bonds is 1. The zero-order valence-electron chi connectivity index (χ0n) is 11.9. The largest absolute Gasteiger partial charge is 0.366 e. The lowest BCUT2D eigenvalue weighted by atomic mass is 9.60. The maximum atomic E-state index is 6.52. The van der Waals surface area contributed by atoms with E-state index in [4.69, 9.17) is 4.74 Å². The summed E-state index contributed by atoms with van der Waals surface area (Å²) in [6, 6.07) is 0. The second kappa shape index (κ2) is 5.73. The van der Waals surface area contributed by atoms with E-state index < -0.39 is 0 Å². The van der Waals surface area contributed by atoms with Gasteiger partial charge in [0.25, 0.3) is 0 Å². The van der Waals surface area contributed by atoms with E-state index >= 15 is 0 Å². The van der Waals surface area contributed by atoms with Gasteiger partial charge in [-0.25, -0.2) is 0 Å². The van der Waals surface area contributed by atoms with Gasteiger partial charge in [0.2, 0.25) is 0 Å². The van der Waals surface area contributed by atoms with E-state index in [0.717, 1.165) is 18.2 Å². The summed E-state index contributed by atoms with van der Waals surface area (Å²) in [5.74, 6) is 0.531. The summed E-state index contributed by atoms with van der Waals surface area (Å²) in [6.45, 7) is 11.3. The highest BCUT2D eigenvalue weighted by Crippen LogP contribution is 2.55. The molecule has 1 saturated heterocycles. The molecule has 5 atom stereocenters. The molecule has 0 N–H and O–H groups in total. The Morgan fingerprint density at radius 1 is 1.32 bits per heavy atom. The van der Waals surface area contributed by atoms with Crippen LogP contribution in [0.3, 0.4) is 0 Å². The summed E-state index contributed by atoms with van der Waals surface area (Å²) in [6.07, 6.45) is 3.51. The maximum absolute atomic E-state index is 6.52. The van der Waals surface area contributed by atoms with E-state index in [9.17, 15) is 0 Å². The second-order valence-corrected chi connectivity index (χ2v) is 9.59. The van der Waals surface area contributed by atoms with Crippen molar-refractivity contribution in [1.82, 2.24) is 0 Å². The number of ether oxygens (including phenoxy) is 1. The first-order chi connectivity index (χ1) is 8.72. The lowest BCUT2D eigenvalue weighted by Crippen LogP contribution is -2.53.